The minimum atomic E-state index is -0.148. The monoisotopic (exact) mass is 330 g/mol. The van der Waals surface area contributed by atoms with E-state index in [1.54, 1.807) is 19.2 Å². The molecule has 0 fully saturated rings. The smallest absolute Gasteiger partial charge is 0.162 e. The first kappa shape index (κ1) is 18.0. The van der Waals surface area contributed by atoms with Gasteiger partial charge in [-0.25, -0.2) is 0 Å². The van der Waals surface area contributed by atoms with E-state index >= 15 is 0 Å². The number of phenols is 1. The second-order valence-corrected chi connectivity index (χ2v) is 5.68. The van der Waals surface area contributed by atoms with Crippen LogP contribution in [-0.2, 0) is 6.42 Å². The van der Waals surface area contributed by atoms with E-state index in [-0.39, 0.29) is 11.9 Å². The first-order chi connectivity index (χ1) is 11.6. The summed E-state index contributed by atoms with van der Waals surface area (Å²) >= 11 is 0. The van der Waals surface area contributed by atoms with Crippen LogP contribution in [0.25, 0.3) is 0 Å². The zero-order chi connectivity index (χ0) is 17.5. The summed E-state index contributed by atoms with van der Waals surface area (Å²) in [6, 6.07) is 11.4. The molecule has 0 bridgehead atoms. The molecule has 0 aliphatic carbocycles. The summed E-state index contributed by atoms with van der Waals surface area (Å²) in [5.74, 6) is 2.03. The van der Waals surface area contributed by atoms with Crippen LogP contribution < -0.4 is 14.2 Å². The van der Waals surface area contributed by atoms with Crippen LogP contribution in [-0.4, -0.2) is 19.3 Å². The predicted molar refractivity (Wildman–Crippen MR) is 95.3 cm³/mol. The van der Waals surface area contributed by atoms with Gasteiger partial charge in [0.15, 0.2) is 23.0 Å². The molecule has 0 aliphatic heterocycles. The predicted octanol–water partition coefficient (Wildman–Crippen LogP) is 4.89. The average Bonchev–Trinajstić information content (AvgIpc) is 2.61. The number of hydrogen-bond donors (Lipinski definition) is 1. The first-order valence-corrected chi connectivity index (χ1v) is 8.33. The van der Waals surface area contributed by atoms with Crippen LogP contribution in [0.3, 0.4) is 0 Å². The Morgan fingerprint density at radius 2 is 1.67 bits per heavy atom. The number of aryl methyl sites for hydroxylation is 1. The van der Waals surface area contributed by atoms with Gasteiger partial charge < -0.3 is 19.3 Å². The van der Waals surface area contributed by atoms with Crippen molar-refractivity contribution < 1.29 is 19.3 Å². The van der Waals surface area contributed by atoms with Crippen molar-refractivity contribution in [3.05, 3.63) is 47.5 Å². The second kappa shape index (κ2) is 8.48. The summed E-state index contributed by atoms with van der Waals surface area (Å²) in [6.45, 7) is 4.21. The Balaban J connectivity index is 2.27. The number of phenolic OH excluding ortho intramolecular Hbond substituents is 1. The average molecular weight is 330 g/mol. The van der Waals surface area contributed by atoms with Gasteiger partial charge in [-0.1, -0.05) is 32.4 Å². The lowest BCUT2D eigenvalue weighted by Gasteiger charge is -2.21. The van der Waals surface area contributed by atoms with Gasteiger partial charge in [-0.15, -0.1) is 0 Å². The van der Waals surface area contributed by atoms with E-state index in [2.05, 4.69) is 19.9 Å². The highest BCUT2D eigenvalue weighted by atomic mass is 16.5. The van der Waals surface area contributed by atoms with Crippen molar-refractivity contribution in [3.63, 3.8) is 0 Å². The van der Waals surface area contributed by atoms with E-state index in [9.17, 15) is 5.11 Å². The number of benzene rings is 2. The number of rotatable bonds is 8. The fraction of sp³-hybridized carbons (Fsp3) is 0.400. The van der Waals surface area contributed by atoms with E-state index < -0.39 is 0 Å². The maximum Gasteiger partial charge on any atom is 0.162 e. The number of ether oxygens (including phenoxy) is 3. The van der Waals surface area contributed by atoms with Gasteiger partial charge in [-0.2, -0.15) is 0 Å². The lowest BCUT2D eigenvalue weighted by molar-refractivity contribution is 0.192. The first-order valence-electron chi connectivity index (χ1n) is 8.33. The Bertz CT molecular complexity index is 667. The number of aromatic hydroxyl groups is 1. The van der Waals surface area contributed by atoms with Crippen LogP contribution in [0.15, 0.2) is 36.4 Å². The molecule has 0 saturated heterocycles. The molecule has 1 N–H and O–H groups in total. The van der Waals surface area contributed by atoms with E-state index in [1.165, 1.54) is 12.7 Å². The molecule has 130 valence electrons. The summed E-state index contributed by atoms with van der Waals surface area (Å²) in [5.41, 5.74) is 2.19. The van der Waals surface area contributed by atoms with Gasteiger partial charge in [0.2, 0.25) is 0 Å². The van der Waals surface area contributed by atoms with Crippen LogP contribution in [0, 0.1) is 0 Å². The van der Waals surface area contributed by atoms with Crippen LogP contribution in [0.1, 0.15) is 43.9 Å². The van der Waals surface area contributed by atoms with E-state index in [0.717, 1.165) is 36.3 Å². The van der Waals surface area contributed by atoms with Gasteiger partial charge >= 0.3 is 0 Å². The standard InChI is InChI=1S/C20H26O4/c1-5-7-14-8-11-18(20(12-14)23-4)24-17(6-2)15-9-10-16(21)19(13-15)22-3/h8-13,17,21H,5-7H2,1-4H3. The molecule has 0 amide bonds. The highest BCUT2D eigenvalue weighted by Crippen LogP contribution is 2.36. The lowest BCUT2D eigenvalue weighted by Crippen LogP contribution is -2.08. The van der Waals surface area contributed by atoms with Crippen LogP contribution >= 0.6 is 0 Å². The summed E-state index contributed by atoms with van der Waals surface area (Å²) < 4.78 is 16.9. The summed E-state index contributed by atoms with van der Waals surface area (Å²) in [4.78, 5) is 0. The van der Waals surface area contributed by atoms with Crippen molar-refractivity contribution in [2.24, 2.45) is 0 Å². The Kier molecular flexibility index (Phi) is 6.36. The fourth-order valence-electron chi connectivity index (χ4n) is 2.69. The Labute approximate surface area is 144 Å². The van der Waals surface area contributed by atoms with Crippen molar-refractivity contribution in [1.29, 1.82) is 0 Å². The molecule has 24 heavy (non-hydrogen) atoms. The van der Waals surface area contributed by atoms with Gasteiger partial charge in [0.05, 0.1) is 14.2 Å². The van der Waals surface area contributed by atoms with Gasteiger partial charge in [-0.05, 0) is 48.2 Å². The maximum absolute atomic E-state index is 9.76. The zero-order valence-electron chi connectivity index (χ0n) is 14.8. The van der Waals surface area contributed by atoms with Crippen molar-refractivity contribution in [2.75, 3.05) is 14.2 Å². The SMILES string of the molecule is CCCc1ccc(OC(CC)c2ccc(O)c(OC)c2)c(OC)c1. The van der Waals surface area contributed by atoms with Crippen molar-refractivity contribution in [1.82, 2.24) is 0 Å². The molecule has 0 heterocycles. The van der Waals surface area contributed by atoms with Crippen LogP contribution in [0.5, 0.6) is 23.0 Å². The van der Waals surface area contributed by atoms with E-state index in [0.29, 0.717) is 5.75 Å². The Hall–Kier alpha value is -2.36. The Morgan fingerprint density at radius 1 is 0.917 bits per heavy atom. The zero-order valence-corrected chi connectivity index (χ0v) is 14.8. The number of hydrogen-bond acceptors (Lipinski definition) is 4. The third-order valence-corrected chi connectivity index (χ3v) is 3.98. The van der Waals surface area contributed by atoms with Crippen molar-refractivity contribution in [3.8, 4) is 23.0 Å². The molecule has 1 atom stereocenters. The second-order valence-electron chi connectivity index (χ2n) is 5.68. The molecule has 4 heteroatoms. The molecular formula is C20H26O4. The molecule has 0 aliphatic rings. The van der Waals surface area contributed by atoms with Gasteiger partial charge in [0.1, 0.15) is 6.10 Å². The molecule has 0 radical (unpaired) electrons. The van der Waals surface area contributed by atoms with Gasteiger partial charge in [0, 0.05) is 0 Å². The molecule has 0 spiro atoms. The third kappa shape index (κ3) is 4.13. The highest BCUT2D eigenvalue weighted by Gasteiger charge is 2.16. The van der Waals surface area contributed by atoms with Crippen LogP contribution in [0.4, 0.5) is 0 Å². The number of methoxy groups -OCH3 is 2. The molecule has 2 aromatic rings. The fourth-order valence-corrected chi connectivity index (χ4v) is 2.69. The van der Waals surface area contributed by atoms with Crippen molar-refractivity contribution >= 4 is 0 Å². The molecule has 1 unspecified atom stereocenters. The van der Waals surface area contributed by atoms with Crippen molar-refractivity contribution in [2.45, 2.75) is 39.2 Å². The van der Waals surface area contributed by atoms with Crippen LogP contribution in [0.2, 0.25) is 0 Å². The third-order valence-electron chi connectivity index (χ3n) is 3.98. The topological polar surface area (TPSA) is 47.9 Å². The molecule has 2 rings (SSSR count). The molecule has 4 nitrogen and oxygen atoms in total. The Morgan fingerprint density at radius 3 is 2.29 bits per heavy atom. The maximum atomic E-state index is 9.76. The minimum Gasteiger partial charge on any atom is -0.504 e. The molecule has 2 aromatic carbocycles. The highest BCUT2D eigenvalue weighted by molar-refractivity contribution is 5.45. The van der Waals surface area contributed by atoms with Gasteiger partial charge in [-0.3, -0.25) is 0 Å². The van der Waals surface area contributed by atoms with Gasteiger partial charge in [0.25, 0.3) is 0 Å². The summed E-state index contributed by atoms with van der Waals surface area (Å²) in [7, 11) is 3.19. The van der Waals surface area contributed by atoms with E-state index in [1.807, 2.05) is 18.2 Å². The minimum absolute atomic E-state index is 0.123. The summed E-state index contributed by atoms with van der Waals surface area (Å²) in [6.07, 6.45) is 2.75. The molecule has 0 aromatic heterocycles. The quantitative estimate of drug-likeness (QED) is 0.748. The largest absolute Gasteiger partial charge is 0.504 e. The lowest BCUT2D eigenvalue weighted by atomic mass is 10.1. The van der Waals surface area contributed by atoms with E-state index in [4.69, 9.17) is 14.2 Å². The molecular weight excluding hydrogens is 304 g/mol. The molecule has 0 saturated carbocycles. The normalized spacial score (nSPS) is 11.8. The summed E-state index contributed by atoms with van der Waals surface area (Å²) in [5, 5.41) is 9.76.